The summed E-state index contributed by atoms with van der Waals surface area (Å²) in [6.45, 7) is 7.59. The molecule has 1 N–H and O–H groups in total. The number of carbonyl (C=O) groups excluding carboxylic acids is 4. The van der Waals surface area contributed by atoms with E-state index in [0.29, 0.717) is 44.3 Å². The predicted octanol–water partition coefficient (Wildman–Crippen LogP) is 2.07. The zero-order valence-electron chi connectivity index (χ0n) is 19.1. The van der Waals surface area contributed by atoms with Crippen LogP contribution < -0.4 is 5.32 Å². The quantitative estimate of drug-likeness (QED) is 0.553. The number of hydrogen-bond acceptors (Lipinski definition) is 6. The van der Waals surface area contributed by atoms with Crippen LogP contribution in [0, 0.1) is 5.92 Å². The molecule has 1 unspecified atom stereocenters. The SMILES string of the molecule is CC(C)COC=O.CN1CCC(c2cccc3c2CN(C2CCC(=O)NC2=O)C3=O)CC1. The number of imide groups is 1. The normalized spacial score (nSPS) is 21.7. The van der Waals surface area contributed by atoms with Gasteiger partial charge in [0, 0.05) is 18.5 Å². The third-order valence-corrected chi connectivity index (χ3v) is 6.27. The van der Waals surface area contributed by atoms with Crippen molar-refractivity contribution in [2.24, 2.45) is 5.92 Å². The smallest absolute Gasteiger partial charge is 0.293 e. The maximum Gasteiger partial charge on any atom is 0.293 e. The van der Waals surface area contributed by atoms with Crippen LogP contribution in [0.1, 0.15) is 66.9 Å². The van der Waals surface area contributed by atoms with E-state index in [4.69, 9.17) is 0 Å². The van der Waals surface area contributed by atoms with Crippen molar-refractivity contribution in [1.29, 1.82) is 0 Å². The Morgan fingerprint density at radius 2 is 1.88 bits per heavy atom. The van der Waals surface area contributed by atoms with Crippen LogP contribution in [-0.4, -0.2) is 66.8 Å². The lowest BCUT2D eigenvalue weighted by atomic mass is 9.85. The van der Waals surface area contributed by atoms with Crippen LogP contribution in [-0.2, 0) is 25.7 Å². The van der Waals surface area contributed by atoms with Crippen molar-refractivity contribution in [2.45, 2.75) is 58.0 Å². The molecular weight excluding hydrogens is 410 g/mol. The van der Waals surface area contributed by atoms with Gasteiger partial charge in [-0.15, -0.1) is 0 Å². The molecule has 8 nitrogen and oxygen atoms in total. The van der Waals surface area contributed by atoms with Crippen molar-refractivity contribution in [3.05, 3.63) is 34.9 Å². The number of nitrogens with zero attached hydrogens (tertiary/aromatic N) is 2. The van der Waals surface area contributed by atoms with Crippen LogP contribution in [0.2, 0.25) is 0 Å². The number of fused-ring (bicyclic) bond motifs is 1. The fraction of sp³-hybridized carbons (Fsp3) is 0.583. The monoisotopic (exact) mass is 443 g/mol. The summed E-state index contributed by atoms with van der Waals surface area (Å²) in [5.74, 6) is 0.237. The second-order valence-electron chi connectivity index (χ2n) is 9.17. The minimum atomic E-state index is -0.539. The molecule has 2 fully saturated rings. The fourth-order valence-electron chi connectivity index (χ4n) is 4.54. The van der Waals surface area contributed by atoms with Crippen molar-refractivity contribution in [1.82, 2.24) is 15.1 Å². The Kier molecular flexibility index (Phi) is 8.01. The molecule has 1 atom stereocenters. The summed E-state index contributed by atoms with van der Waals surface area (Å²) in [4.78, 5) is 49.9. The van der Waals surface area contributed by atoms with Gasteiger partial charge >= 0.3 is 0 Å². The molecule has 3 aliphatic heterocycles. The first-order valence-corrected chi connectivity index (χ1v) is 11.3. The molecule has 0 saturated carbocycles. The van der Waals surface area contributed by atoms with Gasteiger partial charge in [-0.3, -0.25) is 24.5 Å². The van der Waals surface area contributed by atoms with E-state index in [1.54, 1.807) is 4.90 Å². The van der Waals surface area contributed by atoms with Gasteiger partial charge < -0.3 is 14.5 Å². The van der Waals surface area contributed by atoms with Gasteiger partial charge in [0.25, 0.3) is 12.4 Å². The van der Waals surface area contributed by atoms with Gasteiger partial charge in [0.1, 0.15) is 6.04 Å². The Hall–Kier alpha value is -2.74. The molecular formula is C24H33N3O5. The van der Waals surface area contributed by atoms with E-state index in [2.05, 4.69) is 28.1 Å². The average Bonchev–Trinajstić information content (AvgIpc) is 3.10. The van der Waals surface area contributed by atoms with Crippen molar-refractivity contribution in [2.75, 3.05) is 26.7 Å². The van der Waals surface area contributed by atoms with Gasteiger partial charge in [-0.25, -0.2) is 0 Å². The first kappa shape index (κ1) is 23.9. The van der Waals surface area contributed by atoms with Crippen molar-refractivity contribution in [3.63, 3.8) is 0 Å². The van der Waals surface area contributed by atoms with Gasteiger partial charge in [-0.1, -0.05) is 26.0 Å². The first-order chi connectivity index (χ1) is 15.3. The lowest BCUT2D eigenvalue weighted by molar-refractivity contribution is -0.137. The van der Waals surface area contributed by atoms with E-state index in [9.17, 15) is 19.2 Å². The number of amides is 3. The highest BCUT2D eigenvalue weighted by molar-refractivity contribution is 6.05. The molecule has 0 aliphatic carbocycles. The standard InChI is InChI=1S/C19H23N3O3.C5H10O2/c1-21-9-7-12(8-10-21)13-3-2-4-14-15(13)11-22(19(14)25)16-5-6-17(23)20-18(16)24;1-5(2)3-7-4-6/h2-4,12,16H,5-11H2,1H3,(H,20,23,24);4-5H,3H2,1-2H3. The number of carbonyl (C=O) groups is 4. The zero-order chi connectivity index (χ0) is 23.3. The van der Waals surface area contributed by atoms with Gasteiger partial charge in [-0.05, 0) is 68.4 Å². The molecule has 32 heavy (non-hydrogen) atoms. The maximum atomic E-state index is 12.9. The predicted molar refractivity (Wildman–Crippen MR) is 119 cm³/mol. The number of nitrogens with one attached hydrogen (secondary N) is 1. The molecule has 174 valence electrons. The highest BCUT2D eigenvalue weighted by atomic mass is 16.5. The molecule has 3 heterocycles. The van der Waals surface area contributed by atoms with Crippen LogP contribution in [0.3, 0.4) is 0 Å². The molecule has 1 aromatic carbocycles. The summed E-state index contributed by atoms with van der Waals surface area (Å²) >= 11 is 0. The molecule has 0 spiro atoms. The minimum Gasteiger partial charge on any atom is -0.468 e. The van der Waals surface area contributed by atoms with Gasteiger partial charge in [0.05, 0.1) is 6.61 Å². The van der Waals surface area contributed by atoms with Gasteiger partial charge in [0.15, 0.2) is 0 Å². The Morgan fingerprint density at radius 3 is 2.47 bits per heavy atom. The molecule has 0 bridgehead atoms. The number of benzene rings is 1. The summed E-state index contributed by atoms with van der Waals surface area (Å²) in [6, 6.07) is 5.42. The molecule has 3 aliphatic rings. The molecule has 1 aromatic rings. The minimum absolute atomic E-state index is 0.0840. The third-order valence-electron chi connectivity index (χ3n) is 6.27. The Labute approximate surface area is 189 Å². The summed E-state index contributed by atoms with van der Waals surface area (Å²) in [6.07, 6.45) is 2.89. The summed E-state index contributed by atoms with van der Waals surface area (Å²) in [5, 5.41) is 2.36. The van der Waals surface area contributed by atoms with E-state index >= 15 is 0 Å². The molecule has 2 saturated heterocycles. The van der Waals surface area contributed by atoms with Crippen molar-refractivity contribution >= 4 is 24.2 Å². The van der Waals surface area contributed by atoms with E-state index in [1.807, 2.05) is 26.0 Å². The van der Waals surface area contributed by atoms with Gasteiger partial charge in [-0.2, -0.15) is 0 Å². The number of piperidine rings is 2. The average molecular weight is 444 g/mol. The summed E-state index contributed by atoms with van der Waals surface area (Å²) in [5.41, 5.74) is 3.06. The molecule has 3 amide bonds. The highest BCUT2D eigenvalue weighted by Gasteiger charge is 2.40. The van der Waals surface area contributed by atoms with E-state index in [-0.39, 0.29) is 17.7 Å². The topological polar surface area (TPSA) is 96.0 Å². The van der Waals surface area contributed by atoms with Crippen LogP contribution in [0.4, 0.5) is 0 Å². The van der Waals surface area contributed by atoms with Crippen molar-refractivity contribution in [3.8, 4) is 0 Å². The zero-order valence-corrected chi connectivity index (χ0v) is 19.1. The highest BCUT2D eigenvalue weighted by Crippen LogP contribution is 2.36. The second-order valence-corrected chi connectivity index (χ2v) is 9.17. The number of hydrogen-bond donors (Lipinski definition) is 1. The Morgan fingerprint density at radius 1 is 1.16 bits per heavy atom. The van der Waals surface area contributed by atoms with Crippen LogP contribution in [0.5, 0.6) is 0 Å². The summed E-state index contributed by atoms with van der Waals surface area (Å²) in [7, 11) is 2.14. The number of ether oxygens (including phenoxy) is 1. The number of rotatable bonds is 5. The van der Waals surface area contributed by atoms with Crippen LogP contribution >= 0.6 is 0 Å². The first-order valence-electron chi connectivity index (χ1n) is 11.3. The van der Waals surface area contributed by atoms with Crippen molar-refractivity contribution < 1.29 is 23.9 Å². The van der Waals surface area contributed by atoms with E-state index < -0.39 is 6.04 Å². The van der Waals surface area contributed by atoms with E-state index in [1.165, 1.54) is 5.56 Å². The Balaban J connectivity index is 0.000000360. The fourth-order valence-corrected chi connectivity index (χ4v) is 4.54. The maximum absolute atomic E-state index is 12.9. The lowest BCUT2D eigenvalue weighted by Gasteiger charge is -2.31. The van der Waals surface area contributed by atoms with Crippen LogP contribution in [0.15, 0.2) is 18.2 Å². The molecule has 0 aromatic heterocycles. The largest absolute Gasteiger partial charge is 0.468 e. The molecule has 8 heteroatoms. The lowest BCUT2D eigenvalue weighted by Crippen LogP contribution is -2.52. The number of likely N-dealkylation sites (tertiary alicyclic amines) is 1. The molecule has 4 rings (SSSR count). The van der Waals surface area contributed by atoms with Gasteiger partial charge in [0.2, 0.25) is 11.8 Å². The van der Waals surface area contributed by atoms with E-state index in [0.717, 1.165) is 37.1 Å². The summed E-state index contributed by atoms with van der Waals surface area (Å²) < 4.78 is 4.41. The second kappa shape index (κ2) is 10.7. The van der Waals surface area contributed by atoms with Crippen LogP contribution in [0.25, 0.3) is 0 Å². The Bertz CT molecular complexity index is 861. The third kappa shape index (κ3) is 5.54. The molecule has 0 radical (unpaired) electrons.